The van der Waals surface area contributed by atoms with E-state index in [2.05, 4.69) is 59.3 Å². The van der Waals surface area contributed by atoms with E-state index in [9.17, 15) is 14.4 Å². The van der Waals surface area contributed by atoms with Crippen LogP contribution in [0.15, 0.2) is 72.9 Å². The summed E-state index contributed by atoms with van der Waals surface area (Å²) >= 11 is 1.04. The molecule has 0 saturated carbocycles. The molecule has 2 aromatic heterocycles. The average Bonchev–Trinajstić information content (AvgIpc) is 3.09. The van der Waals surface area contributed by atoms with Gasteiger partial charge in [0.1, 0.15) is 11.1 Å². The number of methoxy groups -OCH3 is 2. The van der Waals surface area contributed by atoms with Gasteiger partial charge < -0.3 is 24.6 Å². The third-order valence-corrected chi connectivity index (χ3v) is 8.81. The summed E-state index contributed by atoms with van der Waals surface area (Å²) in [5.74, 6) is 0.406. The maximum absolute atomic E-state index is 12.4. The molecule has 12 heteroatoms. The number of nitrogens with one attached hydrogen (secondary N) is 1. The number of ether oxygens (including phenoxy) is 2. The van der Waals surface area contributed by atoms with Crippen molar-refractivity contribution < 1.29 is 23.9 Å². The van der Waals surface area contributed by atoms with Crippen molar-refractivity contribution in [1.29, 1.82) is 0 Å². The molecular weight excluding hydrogens is 592 g/mol. The number of carbonyl (C=O) groups is 3. The first-order chi connectivity index (χ1) is 21.9. The van der Waals surface area contributed by atoms with Gasteiger partial charge in [0.05, 0.1) is 32.1 Å². The molecule has 1 atom stereocenters. The van der Waals surface area contributed by atoms with Gasteiger partial charge in [0.2, 0.25) is 5.91 Å². The number of amides is 1. The molecule has 3 heterocycles. The van der Waals surface area contributed by atoms with Gasteiger partial charge in [-0.1, -0.05) is 60.7 Å². The van der Waals surface area contributed by atoms with Crippen LogP contribution in [-0.4, -0.2) is 84.4 Å². The molecule has 0 spiro atoms. The number of piperazine rings is 1. The van der Waals surface area contributed by atoms with E-state index in [0.29, 0.717) is 6.54 Å². The molecule has 1 aliphatic heterocycles. The van der Waals surface area contributed by atoms with Gasteiger partial charge in [-0.25, -0.2) is 4.98 Å². The number of aromatic nitrogens is 3. The van der Waals surface area contributed by atoms with Crippen LogP contribution in [0, 0.1) is 0 Å². The highest BCUT2D eigenvalue weighted by Gasteiger charge is 2.25. The summed E-state index contributed by atoms with van der Waals surface area (Å²) in [5, 5.41) is 13.6. The first-order valence-corrected chi connectivity index (χ1v) is 15.8. The van der Waals surface area contributed by atoms with Gasteiger partial charge in [-0.15, -0.1) is 16.9 Å². The van der Waals surface area contributed by atoms with Crippen LogP contribution in [-0.2, 0) is 36.8 Å². The maximum Gasteiger partial charge on any atom is 0.319 e. The summed E-state index contributed by atoms with van der Waals surface area (Å²) in [6, 6.07) is 22.6. The fourth-order valence-corrected chi connectivity index (χ4v) is 6.10. The predicted molar refractivity (Wildman–Crippen MR) is 174 cm³/mol. The van der Waals surface area contributed by atoms with Crippen molar-refractivity contribution in [3.8, 4) is 0 Å². The minimum atomic E-state index is -0.806. The summed E-state index contributed by atoms with van der Waals surface area (Å²) in [6.07, 6.45) is 2.33. The van der Waals surface area contributed by atoms with E-state index in [1.807, 2.05) is 42.5 Å². The topological polar surface area (TPSA) is 127 Å². The molecular formula is C33H36N6O5S. The number of esters is 2. The smallest absolute Gasteiger partial charge is 0.319 e. The number of rotatable bonds is 12. The molecule has 0 bridgehead atoms. The van der Waals surface area contributed by atoms with Gasteiger partial charge in [0.15, 0.2) is 5.82 Å². The van der Waals surface area contributed by atoms with Crippen molar-refractivity contribution in [2.45, 2.75) is 24.6 Å². The van der Waals surface area contributed by atoms with Crippen LogP contribution in [0.3, 0.4) is 0 Å². The SMILES string of the molecule is COC(=O)CC(SCC(=O)NCc1ccc(N2CCN(c3nnc(Cc4ccccc4)c4ccccc34)CC2)nc1)C(=O)OC. The molecule has 1 N–H and O–H groups in total. The number of fused-ring (bicyclic) bond motifs is 1. The molecule has 5 rings (SSSR count). The van der Waals surface area contributed by atoms with Crippen LogP contribution in [0.2, 0.25) is 0 Å². The van der Waals surface area contributed by atoms with E-state index in [4.69, 9.17) is 4.74 Å². The summed E-state index contributed by atoms with van der Waals surface area (Å²) in [7, 11) is 2.49. The second-order valence-electron chi connectivity index (χ2n) is 10.6. The Morgan fingerprint density at radius 1 is 0.844 bits per heavy atom. The number of anilines is 2. The van der Waals surface area contributed by atoms with Crippen molar-refractivity contribution in [3.05, 3.63) is 89.7 Å². The summed E-state index contributed by atoms with van der Waals surface area (Å²) in [5.41, 5.74) is 3.04. The van der Waals surface area contributed by atoms with E-state index in [1.54, 1.807) is 6.20 Å². The van der Waals surface area contributed by atoms with Crippen molar-refractivity contribution in [3.63, 3.8) is 0 Å². The van der Waals surface area contributed by atoms with Crippen LogP contribution in [0.25, 0.3) is 10.8 Å². The highest BCUT2D eigenvalue weighted by atomic mass is 32.2. The number of thioether (sulfide) groups is 1. The quantitative estimate of drug-likeness (QED) is 0.232. The van der Waals surface area contributed by atoms with Gasteiger partial charge in [-0.3, -0.25) is 14.4 Å². The zero-order valence-corrected chi connectivity index (χ0v) is 26.2. The molecule has 0 radical (unpaired) electrons. The predicted octanol–water partition coefficient (Wildman–Crippen LogP) is 3.40. The van der Waals surface area contributed by atoms with Gasteiger partial charge >= 0.3 is 11.9 Å². The lowest BCUT2D eigenvalue weighted by molar-refractivity contribution is -0.146. The van der Waals surface area contributed by atoms with E-state index in [-0.39, 0.29) is 18.1 Å². The molecule has 11 nitrogen and oxygen atoms in total. The molecule has 1 fully saturated rings. The molecule has 1 saturated heterocycles. The Morgan fingerprint density at radius 2 is 1.56 bits per heavy atom. The summed E-state index contributed by atoms with van der Waals surface area (Å²) in [4.78, 5) is 45.1. The number of hydrogen-bond donors (Lipinski definition) is 1. The first-order valence-electron chi connectivity index (χ1n) is 14.7. The minimum Gasteiger partial charge on any atom is -0.469 e. The van der Waals surface area contributed by atoms with Crippen molar-refractivity contribution in [1.82, 2.24) is 20.5 Å². The lowest BCUT2D eigenvalue weighted by Crippen LogP contribution is -2.47. The number of nitrogens with zero attached hydrogens (tertiary/aromatic N) is 5. The first kappa shape index (κ1) is 31.7. The highest BCUT2D eigenvalue weighted by molar-refractivity contribution is 8.01. The second-order valence-corrected chi connectivity index (χ2v) is 11.7. The standard InChI is InChI=1S/C33H36N6O5S/c1-43-31(41)19-28(33(42)44-2)45-22-30(40)35-21-24-12-13-29(34-20-24)38-14-16-39(17-15-38)32-26-11-7-6-10-25(26)27(36-37-32)18-23-8-4-3-5-9-23/h3-13,20,28H,14-19,21-22H2,1-2H3,(H,35,40). The molecule has 1 amide bonds. The maximum atomic E-state index is 12.4. The lowest BCUT2D eigenvalue weighted by Gasteiger charge is -2.36. The normalized spacial score (nSPS) is 13.7. The Hall–Kier alpha value is -4.71. The Morgan fingerprint density at radius 3 is 2.24 bits per heavy atom. The van der Waals surface area contributed by atoms with Crippen LogP contribution < -0.4 is 15.1 Å². The van der Waals surface area contributed by atoms with E-state index in [1.165, 1.54) is 19.8 Å². The van der Waals surface area contributed by atoms with E-state index < -0.39 is 17.2 Å². The van der Waals surface area contributed by atoms with Gasteiger partial charge in [0.25, 0.3) is 0 Å². The molecule has 1 aliphatic rings. The fraction of sp³-hybridized carbons (Fsp3) is 0.333. The van der Waals surface area contributed by atoms with Crippen molar-refractivity contribution >= 4 is 52.0 Å². The summed E-state index contributed by atoms with van der Waals surface area (Å²) in [6.45, 7) is 3.45. The van der Waals surface area contributed by atoms with Crippen molar-refractivity contribution in [2.24, 2.45) is 0 Å². The Labute approximate surface area is 266 Å². The third kappa shape index (κ3) is 8.27. The zero-order chi connectivity index (χ0) is 31.6. The molecule has 4 aromatic rings. The molecule has 45 heavy (non-hydrogen) atoms. The van der Waals surface area contributed by atoms with Crippen LogP contribution in [0.1, 0.15) is 23.2 Å². The zero-order valence-electron chi connectivity index (χ0n) is 25.3. The molecule has 0 aliphatic carbocycles. The van der Waals surface area contributed by atoms with E-state index in [0.717, 1.165) is 78.0 Å². The number of hydrogen-bond acceptors (Lipinski definition) is 11. The molecule has 1 unspecified atom stereocenters. The van der Waals surface area contributed by atoms with Crippen LogP contribution in [0.4, 0.5) is 11.6 Å². The van der Waals surface area contributed by atoms with Gasteiger partial charge in [-0.2, -0.15) is 5.10 Å². The Bertz CT molecular complexity index is 1610. The monoisotopic (exact) mass is 628 g/mol. The molecule has 2 aromatic carbocycles. The van der Waals surface area contributed by atoms with E-state index >= 15 is 0 Å². The average molecular weight is 629 g/mol. The third-order valence-electron chi connectivity index (χ3n) is 7.62. The van der Waals surface area contributed by atoms with Gasteiger partial charge in [0, 0.05) is 56.1 Å². The molecule has 234 valence electrons. The highest BCUT2D eigenvalue weighted by Crippen LogP contribution is 2.28. The lowest BCUT2D eigenvalue weighted by atomic mass is 10.0. The fourth-order valence-electron chi connectivity index (χ4n) is 5.16. The Kier molecular flexibility index (Phi) is 10.8. The van der Waals surface area contributed by atoms with Crippen molar-refractivity contribution in [2.75, 3.05) is 56.0 Å². The second kappa shape index (κ2) is 15.3. The number of benzene rings is 2. The largest absolute Gasteiger partial charge is 0.469 e. The number of pyridine rings is 1. The number of carbonyl (C=O) groups excluding carboxylic acids is 3. The minimum absolute atomic E-state index is 0.00195. The van der Waals surface area contributed by atoms with Gasteiger partial charge in [-0.05, 0) is 17.2 Å². The Balaban J connectivity index is 1.13. The van der Waals surface area contributed by atoms with Crippen LogP contribution >= 0.6 is 11.8 Å². The summed E-state index contributed by atoms with van der Waals surface area (Å²) < 4.78 is 9.35. The van der Waals surface area contributed by atoms with Crippen LogP contribution in [0.5, 0.6) is 0 Å².